The smallest absolute Gasteiger partial charge is 0.275 e. The topological polar surface area (TPSA) is 74.8 Å². The third-order valence-corrected chi connectivity index (χ3v) is 5.22. The molecular weight excluding hydrogens is 322 g/mol. The molecule has 0 spiro atoms. The van der Waals surface area contributed by atoms with E-state index in [0.717, 1.165) is 52.7 Å². The Morgan fingerprint density at radius 3 is 2.79 bits per heavy atom. The van der Waals surface area contributed by atoms with Crippen LogP contribution in [0.15, 0.2) is 28.4 Å². The average molecular weight is 339 g/mol. The maximum Gasteiger partial charge on any atom is 0.275 e. The van der Waals surface area contributed by atoms with Gasteiger partial charge in [0, 0.05) is 22.0 Å². The lowest BCUT2D eigenvalue weighted by Crippen LogP contribution is -2.19. The predicted molar refractivity (Wildman–Crippen MR) is 96.0 cm³/mol. The number of benzene rings is 1. The van der Waals surface area contributed by atoms with Crippen molar-refractivity contribution in [1.29, 1.82) is 0 Å². The van der Waals surface area contributed by atoms with E-state index in [2.05, 4.69) is 15.3 Å². The monoisotopic (exact) mass is 339 g/mol. The molecule has 0 unspecified atom stereocenters. The number of nitrogens with zero attached hydrogens (tertiary/aromatic N) is 1. The van der Waals surface area contributed by atoms with E-state index in [-0.39, 0.29) is 11.5 Å². The molecule has 1 aliphatic carbocycles. The summed E-state index contributed by atoms with van der Waals surface area (Å²) in [5, 5.41) is 6.52. The zero-order valence-corrected chi connectivity index (χ0v) is 14.1. The Labute approximate surface area is 142 Å². The molecule has 122 valence electrons. The van der Waals surface area contributed by atoms with Crippen LogP contribution in [-0.2, 0) is 12.8 Å². The summed E-state index contributed by atoms with van der Waals surface area (Å²) < 4.78 is 0. The van der Waals surface area contributed by atoms with Crippen molar-refractivity contribution in [2.45, 2.75) is 32.6 Å². The van der Waals surface area contributed by atoms with Crippen LogP contribution in [0.3, 0.4) is 0 Å². The van der Waals surface area contributed by atoms with Crippen LogP contribution in [-0.4, -0.2) is 15.9 Å². The summed E-state index contributed by atoms with van der Waals surface area (Å²) >= 11 is 1.44. The van der Waals surface area contributed by atoms with Crippen LogP contribution in [0.25, 0.3) is 10.9 Å². The predicted octanol–water partition coefficient (Wildman–Crippen LogP) is 3.42. The molecule has 6 heteroatoms. The van der Waals surface area contributed by atoms with Gasteiger partial charge in [0.05, 0.1) is 10.5 Å². The van der Waals surface area contributed by atoms with Crippen molar-refractivity contribution in [3.63, 3.8) is 0 Å². The first-order valence-corrected chi connectivity index (χ1v) is 8.91. The fraction of sp³-hybridized carbons (Fsp3) is 0.278. The Bertz CT molecular complexity index is 1000. The van der Waals surface area contributed by atoms with Crippen molar-refractivity contribution >= 4 is 33.8 Å². The molecule has 24 heavy (non-hydrogen) atoms. The lowest BCUT2D eigenvalue weighted by Gasteiger charge is -2.17. The second-order valence-corrected chi connectivity index (χ2v) is 7.15. The third kappa shape index (κ3) is 2.63. The van der Waals surface area contributed by atoms with E-state index in [1.54, 1.807) is 5.38 Å². The van der Waals surface area contributed by atoms with E-state index in [9.17, 15) is 9.59 Å². The summed E-state index contributed by atoms with van der Waals surface area (Å²) in [6.07, 6.45) is 3.98. The summed E-state index contributed by atoms with van der Waals surface area (Å²) in [4.78, 5) is 31.7. The molecule has 0 fully saturated rings. The molecule has 5 nitrogen and oxygen atoms in total. The summed E-state index contributed by atoms with van der Waals surface area (Å²) in [7, 11) is 0. The van der Waals surface area contributed by atoms with Gasteiger partial charge in [0.25, 0.3) is 11.5 Å². The fourth-order valence-electron chi connectivity index (χ4n) is 3.30. The maximum atomic E-state index is 12.3. The van der Waals surface area contributed by atoms with Gasteiger partial charge in [0.1, 0.15) is 5.69 Å². The van der Waals surface area contributed by atoms with Crippen molar-refractivity contribution in [3.05, 3.63) is 55.8 Å². The Morgan fingerprint density at radius 2 is 2.04 bits per heavy atom. The van der Waals surface area contributed by atoms with Crippen LogP contribution in [0.1, 0.15) is 39.5 Å². The van der Waals surface area contributed by atoms with Crippen LogP contribution >= 0.6 is 11.3 Å². The van der Waals surface area contributed by atoms with E-state index in [1.807, 2.05) is 25.1 Å². The minimum atomic E-state index is -0.237. The molecule has 0 atom stereocenters. The Balaban J connectivity index is 1.71. The fourth-order valence-corrected chi connectivity index (χ4v) is 3.90. The van der Waals surface area contributed by atoms with Crippen molar-refractivity contribution in [2.24, 2.45) is 0 Å². The van der Waals surface area contributed by atoms with Crippen LogP contribution in [0, 0.1) is 6.92 Å². The number of hydrogen-bond acceptors (Lipinski definition) is 4. The summed E-state index contributed by atoms with van der Waals surface area (Å²) in [6, 6.07) is 5.69. The summed E-state index contributed by atoms with van der Waals surface area (Å²) in [5.74, 6) is -0.237. The second kappa shape index (κ2) is 5.87. The zero-order valence-electron chi connectivity index (χ0n) is 13.3. The number of carbonyl (C=O) groups is 1. The highest BCUT2D eigenvalue weighted by Crippen LogP contribution is 2.27. The minimum absolute atomic E-state index is 0.00389. The molecule has 1 aliphatic rings. The highest BCUT2D eigenvalue weighted by molar-refractivity contribution is 7.09. The lowest BCUT2D eigenvalue weighted by molar-refractivity contribution is 0.102. The van der Waals surface area contributed by atoms with Crippen LogP contribution < -0.4 is 10.9 Å². The molecule has 2 heterocycles. The summed E-state index contributed by atoms with van der Waals surface area (Å²) in [5.41, 5.74) is 3.92. The molecule has 2 aromatic heterocycles. The number of hydrogen-bond donors (Lipinski definition) is 2. The van der Waals surface area contributed by atoms with E-state index < -0.39 is 0 Å². The van der Waals surface area contributed by atoms with Gasteiger partial charge in [-0.25, -0.2) is 4.98 Å². The number of aromatic nitrogens is 2. The van der Waals surface area contributed by atoms with Gasteiger partial charge in [-0.1, -0.05) is 6.07 Å². The molecule has 0 bridgehead atoms. The van der Waals surface area contributed by atoms with Crippen molar-refractivity contribution in [1.82, 2.24) is 9.97 Å². The molecule has 0 radical (unpaired) electrons. The maximum absolute atomic E-state index is 12.3. The highest BCUT2D eigenvalue weighted by Gasteiger charge is 2.17. The minimum Gasteiger partial charge on any atom is -0.322 e. The van der Waals surface area contributed by atoms with Gasteiger partial charge in [-0.15, -0.1) is 11.3 Å². The second-order valence-electron chi connectivity index (χ2n) is 6.08. The van der Waals surface area contributed by atoms with Gasteiger partial charge >= 0.3 is 0 Å². The largest absolute Gasteiger partial charge is 0.322 e. The molecule has 0 saturated carbocycles. The Hall–Kier alpha value is -2.47. The normalized spacial score (nSPS) is 13.7. The number of anilines is 1. The molecule has 1 amide bonds. The van der Waals surface area contributed by atoms with Gasteiger partial charge in [-0.3, -0.25) is 9.59 Å². The molecule has 1 aromatic carbocycles. The van der Waals surface area contributed by atoms with Gasteiger partial charge in [-0.2, -0.15) is 0 Å². The zero-order chi connectivity index (χ0) is 16.7. The molecule has 3 aromatic rings. The van der Waals surface area contributed by atoms with Gasteiger partial charge in [0.2, 0.25) is 0 Å². The van der Waals surface area contributed by atoms with E-state index in [1.165, 1.54) is 11.3 Å². The number of fused-ring (bicyclic) bond motifs is 3. The van der Waals surface area contributed by atoms with E-state index in [0.29, 0.717) is 11.4 Å². The molecule has 0 aliphatic heterocycles. The third-order valence-electron chi connectivity index (χ3n) is 4.44. The van der Waals surface area contributed by atoms with Crippen LogP contribution in [0.4, 0.5) is 5.69 Å². The van der Waals surface area contributed by atoms with Crippen molar-refractivity contribution < 1.29 is 4.79 Å². The average Bonchev–Trinajstić information content (AvgIpc) is 3.02. The molecule has 2 N–H and O–H groups in total. The van der Waals surface area contributed by atoms with Crippen molar-refractivity contribution in [2.75, 3.05) is 5.32 Å². The van der Waals surface area contributed by atoms with E-state index in [4.69, 9.17) is 0 Å². The van der Waals surface area contributed by atoms with Gasteiger partial charge in [0.15, 0.2) is 0 Å². The number of thiazole rings is 1. The number of rotatable bonds is 2. The standard InChI is InChI=1S/C18H17N3O2S/c1-10-19-16(9-24-10)18(23)20-11-6-7-13-12-4-2-3-5-14(12)17(22)21-15(13)8-11/h6-9H,2-5H2,1H3,(H,20,23)(H,21,22). The van der Waals surface area contributed by atoms with Crippen molar-refractivity contribution in [3.8, 4) is 0 Å². The first kappa shape index (κ1) is 15.1. The summed E-state index contributed by atoms with van der Waals surface area (Å²) in [6.45, 7) is 1.87. The first-order valence-electron chi connectivity index (χ1n) is 8.03. The Morgan fingerprint density at radius 1 is 1.25 bits per heavy atom. The van der Waals surface area contributed by atoms with Gasteiger partial charge < -0.3 is 10.3 Å². The lowest BCUT2D eigenvalue weighted by atomic mass is 9.90. The number of nitrogens with one attached hydrogen (secondary N) is 2. The molecule has 0 saturated heterocycles. The van der Waals surface area contributed by atoms with E-state index >= 15 is 0 Å². The SMILES string of the molecule is Cc1nc(C(=O)Nc2ccc3c4c(c(=O)[nH]c3c2)CCCC4)cs1. The number of H-pyrrole nitrogens is 1. The van der Waals surface area contributed by atoms with Crippen LogP contribution in [0.2, 0.25) is 0 Å². The van der Waals surface area contributed by atoms with Crippen LogP contribution in [0.5, 0.6) is 0 Å². The first-order chi connectivity index (χ1) is 11.6. The number of aromatic amines is 1. The number of pyridine rings is 1. The molecular formula is C18H17N3O2S. The Kier molecular flexibility index (Phi) is 3.69. The quantitative estimate of drug-likeness (QED) is 0.751. The highest BCUT2D eigenvalue weighted by atomic mass is 32.1. The number of amides is 1. The molecule has 4 rings (SSSR count). The van der Waals surface area contributed by atoms with Gasteiger partial charge in [-0.05, 0) is 50.3 Å². The number of carbonyl (C=O) groups excluding carboxylic acids is 1. The number of aryl methyl sites for hydroxylation is 2.